The zero-order chi connectivity index (χ0) is 12.1. The van der Waals surface area contributed by atoms with E-state index >= 15 is 0 Å². The monoisotopic (exact) mass is 287 g/mol. The minimum absolute atomic E-state index is 0.420. The van der Waals surface area contributed by atoms with Crippen molar-refractivity contribution in [1.82, 2.24) is 0 Å². The number of hydrogen-bond donors (Lipinski definition) is 2. The van der Waals surface area contributed by atoms with Gasteiger partial charge in [-0.25, -0.2) is 4.79 Å². The predicted molar refractivity (Wildman–Crippen MR) is 63.8 cm³/mol. The highest BCUT2D eigenvalue weighted by atomic mass is 79.9. The van der Waals surface area contributed by atoms with Crippen LogP contribution < -0.4 is 5.73 Å². The van der Waals surface area contributed by atoms with Gasteiger partial charge in [0.15, 0.2) is 6.10 Å². The van der Waals surface area contributed by atoms with Crippen LogP contribution in [0.25, 0.3) is 0 Å². The third-order valence-electron chi connectivity index (χ3n) is 2.23. The summed E-state index contributed by atoms with van der Waals surface area (Å²) in [5, 5.41) is 9.49. The predicted octanol–water partition coefficient (Wildman–Crippen LogP) is 0.853. The number of esters is 1. The Bertz CT molecular complexity index is 353. The average Bonchev–Trinajstić information content (AvgIpc) is 2.30. The van der Waals surface area contributed by atoms with Crippen LogP contribution in [-0.2, 0) is 16.0 Å². The molecule has 1 aromatic rings. The maximum absolute atomic E-state index is 11.0. The van der Waals surface area contributed by atoms with Gasteiger partial charge in [-0.3, -0.25) is 0 Å². The highest BCUT2D eigenvalue weighted by Crippen LogP contribution is 2.12. The molecule has 4 nitrogen and oxygen atoms in total. The Hall–Kier alpha value is -0.910. The Morgan fingerprint density at radius 1 is 1.50 bits per heavy atom. The van der Waals surface area contributed by atoms with Crippen LogP contribution in [0.3, 0.4) is 0 Å². The van der Waals surface area contributed by atoms with Crippen LogP contribution in [0.1, 0.15) is 5.56 Å². The first-order valence-corrected chi connectivity index (χ1v) is 5.60. The van der Waals surface area contributed by atoms with E-state index in [1.54, 1.807) is 0 Å². The Morgan fingerprint density at radius 3 is 2.56 bits per heavy atom. The van der Waals surface area contributed by atoms with Gasteiger partial charge in [0.1, 0.15) is 0 Å². The lowest BCUT2D eigenvalue weighted by molar-refractivity contribution is -0.151. The first-order chi connectivity index (χ1) is 7.54. The lowest BCUT2D eigenvalue weighted by atomic mass is 10.0. The lowest BCUT2D eigenvalue weighted by Crippen LogP contribution is -2.42. The third-order valence-corrected chi connectivity index (χ3v) is 2.76. The van der Waals surface area contributed by atoms with Gasteiger partial charge in [0.2, 0.25) is 0 Å². The fourth-order valence-electron chi connectivity index (χ4n) is 1.30. The second-order valence-corrected chi connectivity index (χ2v) is 4.38. The second-order valence-electron chi connectivity index (χ2n) is 3.46. The minimum atomic E-state index is -1.28. The Kier molecular flexibility index (Phi) is 4.92. The van der Waals surface area contributed by atoms with Gasteiger partial charge in [-0.1, -0.05) is 28.1 Å². The van der Waals surface area contributed by atoms with E-state index in [4.69, 9.17) is 5.73 Å². The zero-order valence-corrected chi connectivity index (χ0v) is 10.5. The van der Waals surface area contributed by atoms with Crippen LogP contribution in [0, 0.1) is 0 Å². The summed E-state index contributed by atoms with van der Waals surface area (Å²) >= 11 is 3.32. The van der Waals surface area contributed by atoms with Crippen molar-refractivity contribution in [1.29, 1.82) is 0 Å². The molecular formula is C11H14BrNO3. The summed E-state index contributed by atoms with van der Waals surface area (Å²) in [7, 11) is 1.22. The van der Waals surface area contributed by atoms with Crippen molar-refractivity contribution < 1.29 is 14.6 Å². The van der Waals surface area contributed by atoms with Crippen molar-refractivity contribution in [2.45, 2.75) is 18.6 Å². The molecule has 5 heteroatoms. The van der Waals surface area contributed by atoms with Crippen LogP contribution in [0.2, 0.25) is 0 Å². The van der Waals surface area contributed by atoms with E-state index in [0.29, 0.717) is 6.42 Å². The quantitative estimate of drug-likeness (QED) is 0.806. The van der Waals surface area contributed by atoms with Gasteiger partial charge in [0, 0.05) is 10.5 Å². The molecule has 1 rings (SSSR count). The van der Waals surface area contributed by atoms with E-state index in [1.165, 1.54) is 7.11 Å². The summed E-state index contributed by atoms with van der Waals surface area (Å²) in [6.45, 7) is 0. The van der Waals surface area contributed by atoms with Crippen LogP contribution in [0.15, 0.2) is 28.7 Å². The molecular weight excluding hydrogens is 274 g/mol. The van der Waals surface area contributed by atoms with Gasteiger partial charge in [0.05, 0.1) is 7.11 Å². The minimum Gasteiger partial charge on any atom is -0.467 e. The van der Waals surface area contributed by atoms with E-state index in [9.17, 15) is 9.90 Å². The molecule has 0 saturated heterocycles. The maximum atomic E-state index is 11.0. The Labute approximate surface area is 103 Å². The summed E-state index contributed by atoms with van der Waals surface area (Å²) < 4.78 is 5.38. The smallest absolute Gasteiger partial charge is 0.336 e. The number of aliphatic hydroxyl groups is 1. The number of carbonyl (C=O) groups excluding carboxylic acids is 1. The largest absolute Gasteiger partial charge is 0.467 e. The number of halogens is 1. The Morgan fingerprint density at radius 2 is 2.06 bits per heavy atom. The molecule has 0 spiro atoms. The summed E-state index contributed by atoms with van der Waals surface area (Å²) in [5.41, 5.74) is 6.66. The van der Waals surface area contributed by atoms with Crippen molar-refractivity contribution >= 4 is 21.9 Å². The summed E-state index contributed by atoms with van der Waals surface area (Å²) in [6.07, 6.45) is -0.863. The lowest BCUT2D eigenvalue weighted by Gasteiger charge is -2.16. The van der Waals surface area contributed by atoms with Gasteiger partial charge < -0.3 is 15.6 Å². The molecule has 88 valence electrons. The number of hydrogen-bond acceptors (Lipinski definition) is 4. The first-order valence-electron chi connectivity index (χ1n) is 4.80. The highest BCUT2D eigenvalue weighted by Gasteiger charge is 2.23. The molecule has 0 aliphatic heterocycles. The van der Waals surface area contributed by atoms with Crippen LogP contribution in [0.5, 0.6) is 0 Å². The summed E-state index contributed by atoms with van der Waals surface area (Å²) in [4.78, 5) is 11.0. The molecule has 0 heterocycles. The van der Waals surface area contributed by atoms with Gasteiger partial charge in [-0.2, -0.15) is 0 Å². The van der Waals surface area contributed by atoms with Crippen molar-refractivity contribution in [2.75, 3.05) is 7.11 Å². The van der Waals surface area contributed by atoms with E-state index < -0.39 is 18.1 Å². The van der Waals surface area contributed by atoms with Crippen molar-refractivity contribution in [2.24, 2.45) is 5.73 Å². The average molecular weight is 288 g/mol. The molecule has 0 saturated carbocycles. The van der Waals surface area contributed by atoms with Crippen LogP contribution >= 0.6 is 15.9 Å². The number of carbonyl (C=O) groups is 1. The van der Waals surface area contributed by atoms with Gasteiger partial charge in [-0.15, -0.1) is 0 Å². The molecule has 0 aliphatic carbocycles. The number of nitrogens with two attached hydrogens (primary N) is 1. The van der Waals surface area contributed by atoms with E-state index in [0.717, 1.165) is 10.0 Å². The topological polar surface area (TPSA) is 72.5 Å². The van der Waals surface area contributed by atoms with Gasteiger partial charge in [0.25, 0.3) is 0 Å². The molecule has 0 amide bonds. The fraction of sp³-hybridized carbons (Fsp3) is 0.364. The van der Waals surface area contributed by atoms with Crippen molar-refractivity contribution in [3.8, 4) is 0 Å². The molecule has 1 aromatic carbocycles. The number of benzene rings is 1. The Balaban J connectivity index is 2.60. The normalized spacial score (nSPS) is 14.2. The molecule has 3 N–H and O–H groups in total. The van der Waals surface area contributed by atoms with Crippen molar-refractivity contribution in [3.63, 3.8) is 0 Å². The molecule has 16 heavy (non-hydrogen) atoms. The van der Waals surface area contributed by atoms with E-state index in [-0.39, 0.29) is 0 Å². The number of methoxy groups -OCH3 is 1. The first kappa shape index (κ1) is 13.2. The van der Waals surface area contributed by atoms with Crippen LogP contribution in [-0.4, -0.2) is 30.3 Å². The zero-order valence-electron chi connectivity index (χ0n) is 8.89. The number of ether oxygens (including phenoxy) is 1. The molecule has 0 aromatic heterocycles. The molecule has 0 radical (unpaired) electrons. The van der Waals surface area contributed by atoms with Gasteiger partial charge in [-0.05, 0) is 24.1 Å². The highest BCUT2D eigenvalue weighted by molar-refractivity contribution is 9.10. The number of aliphatic hydroxyl groups excluding tert-OH is 1. The molecule has 2 atom stereocenters. The molecule has 0 fully saturated rings. The fourth-order valence-corrected chi connectivity index (χ4v) is 1.56. The van der Waals surface area contributed by atoms with Gasteiger partial charge >= 0.3 is 5.97 Å². The summed E-state index contributed by atoms with van der Waals surface area (Å²) in [6, 6.07) is 6.87. The third kappa shape index (κ3) is 3.59. The molecule has 2 unspecified atom stereocenters. The second kappa shape index (κ2) is 5.98. The van der Waals surface area contributed by atoms with E-state index in [1.807, 2.05) is 24.3 Å². The summed E-state index contributed by atoms with van der Waals surface area (Å²) in [5.74, 6) is -0.704. The SMILES string of the molecule is COC(=O)C(O)C(N)Cc1ccc(Br)cc1. The standard InChI is InChI=1S/C11H14BrNO3/c1-16-11(15)10(14)9(13)6-7-2-4-8(12)5-3-7/h2-5,9-10,14H,6,13H2,1H3. The maximum Gasteiger partial charge on any atom is 0.336 e. The van der Waals surface area contributed by atoms with E-state index in [2.05, 4.69) is 20.7 Å². The molecule has 0 aliphatic rings. The molecule has 0 bridgehead atoms. The van der Waals surface area contributed by atoms with Crippen LogP contribution in [0.4, 0.5) is 0 Å². The number of rotatable bonds is 4. The van der Waals surface area contributed by atoms with Crippen molar-refractivity contribution in [3.05, 3.63) is 34.3 Å².